The highest BCUT2D eigenvalue weighted by atomic mass is 19.3. The molecular formula is C19H17F3N6O. The number of ether oxygens (including phenoxy) is 1. The minimum atomic E-state index is -3.01. The van der Waals surface area contributed by atoms with Crippen LogP contribution in [0.1, 0.15) is 18.5 Å². The van der Waals surface area contributed by atoms with Crippen LogP contribution in [-0.4, -0.2) is 31.0 Å². The Bertz CT molecular complexity index is 1160. The average molecular weight is 402 g/mol. The number of alkyl halides is 2. The standard InChI is InChI=1S/C19H17F3N6O/c1-11(13-9-12(20)3-4-16(13)29-19(21)22)24-17-6-8-28-18(25-17)14(10-23-28)15-5-7-27(2)26-15/h3-11,19H,1-2H3,(H,24,25)/t11-/m1/s1. The molecule has 0 amide bonds. The van der Waals surface area contributed by atoms with Gasteiger partial charge in [0.15, 0.2) is 5.65 Å². The second-order valence-corrected chi connectivity index (χ2v) is 6.44. The van der Waals surface area contributed by atoms with Gasteiger partial charge in [-0.15, -0.1) is 0 Å². The van der Waals surface area contributed by atoms with Gasteiger partial charge >= 0.3 is 6.61 Å². The van der Waals surface area contributed by atoms with Crippen LogP contribution in [0.3, 0.4) is 0 Å². The molecule has 0 aliphatic carbocycles. The number of fused-ring (bicyclic) bond motifs is 1. The van der Waals surface area contributed by atoms with Gasteiger partial charge in [-0.05, 0) is 37.3 Å². The van der Waals surface area contributed by atoms with Crippen molar-refractivity contribution in [2.75, 3.05) is 5.32 Å². The van der Waals surface area contributed by atoms with Crippen molar-refractivity contribution in [1.29, 1.82) is 0 Å². The second-order valence-electron chi connectivity index (χ2n) is 6.44. The number of hydrogen-bond donors (Lipinski definition) is 1. The van der Waals surface area contributed by atoms with Crippen molar-refractivity contribution >= 4 is 11.5 Å². The van der Waals surface area contributed by atoms with Gasteiger partial charge in [0.25, 0.3) is 0 Å². The van der Waals surface area contributed by atoms with Gasteiger partial charge in [0.1, 0.15) is 17.4 Å². The van der Waals surface area contributed by atoms with Gasteiger partial charge in [0, 0.05) is 25.0 Å². The summed E-state index contributed by atoms with van der Waals surface area (Å²) in [5.41, 5.74) is 2.29. The maximum atomic E-state index is 13.7. The van der Waals surface area contributed by atoms with Crippen LogP contribution >= 0.6 is 0 Å². The summed E-state index contributed by atoms with van der Waals surface area (Å²) >= 11 is 0. The number of nitrogens with zero attached hydrogens (tertiary/aromatic N) is 5. The first-order chi connectivity index (χ1) is 13.9. The Kier molecular flexibility index (Phi) is 4.83. The molecule has 0 aliphatic rings. The topological polar surface area (TPSA) is 69.3 Å². The number of benzene rings is 1. The normalized spacial score (nSPS) is 12.5. The quantitative estimate of drug-likeness (QED) is 0.527. The maximum absolute atomic E-state index is 13.7. The van der Waals surface area contributed by atoms with E-state index >= 15 is 0 Å². The lowest BCUT2D eigenvalue weighted by Gasteiger charge is -2.18. The summed E-state index contributed by atoms with van der Waals surface area (Å²) in [4.78, 5) is 4.56. The summed E-state index contributed by atoms with van der Waals surface area (Å²) in [7, 11) is 1.81. The van der Waals surface area contributed by atoms with Crippen molar-refractivity contribution in [2.24, 2.45) is 7.05 Å². The SMILES string of the molecule is C[C@@H](Nc1ccn2ncc(-c3ccn(C)n3)c2n1)c1cc(F)ccc1OC(F)F. The molecule has 29 heavy (non-hydrogen) atoms. The fourth-order valence-corrected chi connectivity index (χ4v) is 3.05. The smallest absolute Gasteiger partial charge is 0.387 e. The van der Waals surface area contributed by atoms with Crippen molar-refractivity contribution in [1.82, 2.24) is 24.4 Å². The van der Waals surface area contributed by atoms with Crippen molar-refractivity contribution in [3.05, 3.63) is 60.3 Å². The minimum Gasteiger partial charge on any atom is -0.434 e. The second kappa shape index (κ2) is 7.46. The molecular weight excluding hydrogens is 385 g/mol. The molecule has 0 radical (unpaired) electrons. The molecule has 0 unspecified atom stereocenters. The first-order valence-corrected chi connectivity index (χ1v) is 8.76. The molecule has 10 heteroatoms. The summed E-state index contributed by atoms with van der Waals surface area (Å²) in [5, 5.41) is 11.7. The van der Waals surface area contributed by atoms with Gasteiger partial charge in [0.2, 0.25) is 0 Å². The summed E-state index contributed by atoms with van der Waals surface area (Å²) < 4.78 is 46.8. The molecule has 7 nitrogen and oxygen atoms in total. The van der Waals surface area contributed by atoms with Crippen LogP contribution in [0.5, 0.6) is 5.75 Å². The molecule has 1 N–H and O–H groups in total. The van der Waals surface area contributed by atoms with Gasteiger partial charge in [-0.3, -0.25) is 4.68 Å². The van der Waals surface area contributed by atoms with Crippen LogP contribution in [-0.2, 0) is 7.05 Å². The largest absolute Gasteiger partial charge is 0.434 e. The zero-order chi connectivity index (χ0) is 20.5. The monoisotopic (exact) mass is 402 g/mol. The van der Waals surface area contributed by atoms with Crippen LogP contribution in [0.15, 0.2) is 48.9 Å². The maximum Gasteiger partial charge on any atom is 0.387 e. The lowest BCUT2D eigenvalue weighted by Crippen LogP contribution is -2.12. The molecule has 0 aliphatic heterocycles. The van der Waals surface area contributed by atoms with E-state index in [1.165, 1.54) is 6.07 Å². The van der Waals surface area contributed by atoms with Gasteiger partial charge in [-0.2, -0.15) is 19.0 Å². The van der Waals surface area contributed by atoms with Gasteiger partial charge < -0.3 is 10.1 Å². The molecule has 0 saturated carbocycles. The van der Waals surface area contributed by atoms with E-state index in [1.807, 2.05) is 19.3 Å². The molecule has 4 rings (SSSR count). The third kappa shape index (κ3) is 3.86. The van der Waals surface area contributed by atoms with Gasteiger partial charge in [-0.1, -0.05) is 0 Å². The molecule has 150 valence electrons. The Balaban J connectivity index is 1.65. The van der Waals surface area contributed by atoms with E-state index in [0.29, 0.717) is 11.5 Å². The Labute approximate surface area is 163 Å². The van der Waals surface area contributed by atoms with Gasteiger partial charge in [0.05, 0.1) is 23.5 Å². The predicted molar refractivity (Wildman–Crippen MR) is 100 cm³/mol. The van der Waals surface area contributed by atoms with Crippen LogP contribution in [0.25, 0.3) is 16.9 Å². The van der Waals surface area contributed by atoms with Gasteiger partial charge in [-0.25, -0.2) is 13.9 Å². The highest BCUT2D eigenvalue weighted by Crippen LogP contribution is 2.30. The molecule has 0 bridgehead atoms. The summed E-state index contributed by atoms with van der Waals surface area (Å²) in [6.07, 6.45) is 5.20. The number of rotatable bonds is 6. The fraction of sp³-hybridized carbons (Fsp3) is 0.211. The molecule has 0 saturated heterocycles. The van der Waals surface area contributed by atoms with E-state index < -0.39 is 18.5 Å². The van der Waals surface area contributed by atoms with E-state index in [-0.39, 0.29) is 11.3 Å². The Morgan fingerprint density at radius 3 is 2.69 bits per heavy atom. The zero-order valence-electron chi connectivity index (χ0n) is 15.6. The molecule has 1 atom stereocenters. The lowest BCUT2D eigenvalue weighted by atomic mass is 10.1. The molecule has 1 aromatic carbocycles. The number of aromatic nitrogens is 5. The number of aryl methyl sites for hydroxylation is 1. The third-order valence-corrected chi connectivity index (χ3v) is 4.38. The Hall–Kier alpha value is -3.56. The molecule has 3 heterocycles. The predicted octanol–water partition coefficient (Wildman–Crippen LogP) is 4.04. The Morgan fingerprint density at radius 1 is 1.14 bits per heavy atom. The molecule has 3 aromatic heterocycles. The fourth-order valence-electron chi connectivity index (χ4n) is 3.05. The van der Waals surface area contributed by atoms with E-state index in [2.05, 4.69) is 25.2 Å². The number of anilines is 1. The zero-order valence-corrected chi connectivity index (χ0v) is 15.6. The van der Waals surface area contributed by atoms with Crippen molar-refractivity contribution in [3.8, 4) is 17.0 Å². The first-order valence-electron chi connectivity index (χ1n) is 8.76. The average Bonchev–Trinajstić information content (AvgIpc) is 3.28. The van der Waals surface area contributed by atoms with Crippen LogP contribution < -0.4 is 10.1 Å². The highest BCUT2D eigenvalue weighted by molar-refractivity contribution is 5.75. The minimum absolute atomic E-state index is 0.0963. The number of hydrogen-bond acceptors (Lipinski definition) is 5. The molecule has 4 aromatic rings. The summed E-state index contributed by atoms with van der Waals surface area (Å²) in [5.74, 6) is -0.178. The highest BCUT2D eigenvalue weighted by Gasteiger charge is 2.17. The summed E-state index contributed by atoms with van der Waals surface area (Å²) in [6, 6.07) is 6.40. The molecule has 0 spiro atoms. The van der Waals surface area contributed by atoms with E-state index in [1.54, 1.807) is 34.6 Å². The first kappa shape index (κ1) is 18.8. The van der Waals surface area contributed by atoms with Crippen molar-refractivity contribution in [2.45, 2.75) is 19.6 Å². The van der Waals surface area contributed by atoms with Crippen molar-refractivity contribution < 1.29 is 17.9 Å². The van der Waals surface area contributed by atoms with Crippen LogP contribution in [0, 0.1) is 5.82 Å². The number of nitrogens with one attached hydrogen (secondary N) is 1. The molecule has 0 fully saturated rings. The van der Waals surface area contributed by atoms with Crippen molar-refractivity contribution in [3.63, 3.8) is 0 Å². The van der Waals surface area contributed by atoms with E-state index in [4.69, 9.17) is 0 Å². The number of halogens is 3. The third-order valence-electron chi connectivity index (χ3n) is 4.38. The van der Waals surface area contributed by atoms with E-state index in [9.17, 15) is 13.2 Å². The van der Waals surface area contributed by atoms with Crippen LogP contribution in [0.4, 0.5) is 19.0 Å². The van der Waals surface area contributed by atoms with Crippen LogP contribution in [0.2, 0.25) is 0 Å². The van der Waals surface area contributed by atoms with E-state index in [0.717, 1.165) is 23.4 Å². The lowest BCUT2D eigenvalue weighted by molar-refractivity contribution is -0.0505. The Morgan fingerprint density at radius 2 is 1.97 bits per heavy atom. The summed E-state index contributed by atoms with van der Waals surface area (Å²) in [6.45, 7) is -1.30.